The minimum atomic E-state index is -0.777. The first kappa shape index (κ1) is 67.4. The Kier molecular flexibility index (Phi) is 56.7. The summed E-state index contributed by atoms with van der Waals surface area (Å²) < 4.78 is 16.9. The Morgan fingerprint density at radius 1 is 0.286 bits per heavy atom. The van der Waals surface area contributed by atoms with Crippen molar-refractivity contribution in [2.75, 3.05) is 13.2 Å². The highest BCUT2D eigenvalue weighted by molar-refractivity contribution is 5.71. The largest absolute Gasteiger partial charge is 0.462 e. The van der Waals surface area contributed by atoms with E-state index in [1.165, 1.54) is 205 Å². The quantitative estimate of drug-likeness (QED) is 0.0261. The van der Waals surface area contributed by atoms with E-state index in [4.69, 9.17) is 14.2 Å². The molecule has 408 valence electrons. The third kappa shape index (κ3) is 56.3. The Bertz CT molecular complexity index is 1220. The minimum Gasteiger partial charge on any atom is -0.462 e. The van der Waals surface area contributed by atoms with Gasteiger partial charge in [-0.15, -0.1) is 0 Å². The normalized spacial score (nSPS) is 12.3. The average molecular weight is 982 g/mol. The van der Waals surface area contributed by atoms with E-state index >= 15 is 0 Å². The molecule has 0 bridgehead atoms. The van der Waals surface area contributed by atoms with Crippen molar-refractivity contribution in [3.8, 4) is 0 Å². The highest BCUT2D eigenvalue weighted by Gasteiger charge is 2.19. The molecule has 0 aromatic rings. The maximum absolute atomic E-state index is 12.9. The van der Waals surface area contributed by atoms with Crippen LogP contribution in [0.3, 0.4) is 0 Å². The minimum absolute atomic E-state index is 0.0753. The molecule has 6 heteroatoms. The maximum atomic E-state index is 12.9. The van der Waals surface area contributed by atoms with Crippen molar-refractivity contribution in [1.82, 2.24) is 0 Å². The second-order valence-corrected chi connectivity index (χ2v) is 20.6. The van der Waals surface area contributed by atoms with Crippen LogP contribution in [0.5, 0.6) is 0 Å². The topological polar surface area (TPSA) is 78.9 Å². The molecule has 0 N–H and O–H groups in total. The fraction of sp³-hybridized carbons (Fsp3) is 0.828. The number of hydrogen-bond donors (Lipinski definition) is 0. The first-order valence-corrected chi connectivity index (χ1v) is 30.6. The molecule has 0 saturated heterocycles. The molecule has 0 radical (unpaired) electrons. The fourth-order valence-electron chi connectivity index (χ4n) is 8.92. The fourth-order valence-corrected chi connectivity index (χ4v) is 8.92. The molecule has 70 heavy (non-hydrogen) atoms. The van der Waals surface area contributed by atoms with Crippen molar-refractivity contribution in [3.05, 3.63) is 48.6 Å². The van der Waals surface area contributed by atoms with Gasteiger partial charge in [0.05, 0.1) is 0 Å². The molecule has 0 spiro atoms. The van der Waals surface area contributed by atoms with Gasteiger partial charge in [0.2, 0.25) is 0 Å². The molecule has 1 unspecified atom stereocenters. The lowest BCUT2D eigenvalue weighted by atomic mass is 10.1. The molecule has 0 rings (SSSR count). The molecule has 1 atom stereocenters. The zero-order valence-corrected chi connectivity index (χ0v) is 46.8. The van der Waals surface area contributed by atoms with E-state index in [1.807, 2.05) is 0 Å². The Morgan fingerprint density at radius 2 is 0.514 bits per heavy atom. The molecule has 0 saturated carbocycles. The summed E-state index contributed by atoms with van der Waals surface area (Å²) in [6, 6.07) is 0. The number of carbonyl (C=O) groups excluding carboxylic acids is 3. The van der Waals surface area contributed by atoms with Gasteiger partial charge in [-0.1, -0.05) is 268 Å². The molecule has 0 aliphatic heterocycles. The highest BCUT2D eigenvalue weighted by atomic mass is 16.6. The Hall–Kier alpha value is -2.63. The van der Waals surface area contributed by atoms with Crippen LogP contribution in [-0.4, -0.2) is 37.2 Å². The van der Waals surface area contributed by atoms with Gasteiger partial charge in [-0.2, -0.15) is 0 Å². The SMILES string of the molecule is CCCCCCC/C=C\C/C=C\C/C=C\CCCCCCCCC(=O)OCC(COC(=O)CCCCCCCCCCCC)OC(=O)CCCCCCCCCCC/C=C\CCCCCCCCCC. The van der Waals surface area contributed by atoms with Gasteiger partial charge in [0, 0.05) is 19.3 Å². The third-order valence-corrected chi connectivity index (χ3v) is 13.6. The van der Waals surface area contributed by atoms with E-state index in [2.05, 4.69) is 69.4 Å². The van der Waals surface area contributed by atoms with Crippen LogP contribution >= 0.6 is 0 Å². The average Bonchev–Trinajstić information content (AvgIpc) is 3.36. The van der Waals surface area contributed by atoms with Crippen LogP contribution in [0.1, 0.15) is 323 Å². The van der Waals surface area contributed by atoms with Crippen LogP contribution in [0.25, 0.3) is 0 Å². The van der Waals surface area contributed by atoms with Crippen molar-refractivity contribution in [2.45, 2.75) is 329 Å². The van der Waals surface area contributed by atoms with Gasteiger partial charge in [-0.25, -0.2) is 0 Å². The van der Waals surface area contributed by atoms with E-state index in [-0.39, 0.29) is 31.1 Å². The lowest BCUT2D eigenvalue weighted by Gasteiger charge is -2.18. The maximum Gasteiger partial charge on any atom is 0.306 e. The van der Waals surface area contributed by atoms with Crippen LogP contribution < -0.4 is 0 Å². The smallest absolute Gasteiger partial charge is 0.306 e. The Morgan fingerprint density at radius 3 is 0.814 bits per heavy atom. The Balaban J connectivity index is 4.29. The molecule has 0 aromatic heterocycles. The number of allylic oxidation sites excluding steroid dienone is 8. The molecule has 0 aromatic carbocycles. The molecule has 0 amide bonds. The van der Waals surface area contributed by atoms with Crippen molar-refractivity contribution >= 4 is 17.9 Å². The molecule has 6 nitrogen and oxygen atoms in total. The zero-order chi connectivity index (χ0) is 50.7. The van der Waals surface area contributed by atoms with Crippen molar-refractivity contribution in [2.24, 2.45) is 0 Å². The number of unbranched alkanes of at least 4 members (excludes halogenated alkanes) is 37. The summed E-state index contributed by atoms with van der Waals surface area (Å²) in [6.45, 7) is 6.64. The first-order valence-electron chi connectivity index (χ1n) is 30.6. The summed E-state index contributed by atoms with van der Waals surface area (Å²) in [5.74, 6) is -0.876. The van der Waals surface area contributed by atoms with Gasteiger partial charge in [-0.05, 0) is 83.5 Å². The van der Waals surface area contributed by atoms with Crippen molar-refractivity contribution < 1.29 is 28.6 Å². The van der Waals surface area contributed by atoms with Gasteiger partial charge >= 0.3 is 17.9 Å². The van der Waals surface area contributed by atoms with Crippen LogP contribution in [-0.2, 0) is 28.6 Å². The molecule has 0 aliphatic carbocycles. The summed E-state index contributed by atoms with van der Waals surface area (Å²) in [4.78, 5) is 38.2. The van der Waals surface area contributed by atoms with Crippen LogP contribution in [0, 0.1) is 0 Å². The second-order valence-electron chi connectivity index (χ2n) is 20.6. The lowest BCUT2D eigenvalue weighted by Crippen LogP contribution is -2.30. The number of rotatable bonds is 56. The predicted molar refractivity (Wildman–Crippen MR) is 302 cm³/mol. The third-order valence-electron chi connectivity index (χ3n) is 13.6. The Labute approximate surface area is 435 Å². The number of carbonyl (C=O) groups is 3. The van der Waals surface area contributed by atoms with Crippen molar-refractivity contribution in [3.63, 3.8) is 0 Å². The monoisotopic (exact) mass is 981 g/mol. The standard InChI is InChI=1S/C64H116O6/c1-4-7-10-13-16-19-22-24-26-28-30-32-34-36-38-40-42-45-48-51-54-57-63(66)69-60-61(59-68-62(65)56-53-50-47-44-21-18-15-12-9-6-3)70-64(67)58-55-52-49-46-43-41-39-37-35-33-31-29-27-25-23-20-17-14-11-8-5-2/h22,24,28-31,34,36,61H,4-21,23,25-27,32-33,35,37-60H2,1-3H3/b24-22-,30-28-,31-29-,36-34-. The van der Waals surface area contributed by atoms with Crippen LogP contribution in [0.4, 0.5) is 0 Å². The summed E-state index contributed by atoms with van der Waals surface area (Å²) in [5, 5.41) is 0. The van der Waals surface area contributed by atoms with E-state index in [1.54, 1.807) is 0 Å². The molecular formula is C64H116O6. The molecule has 0 fully saturated rings. The van der Waals surface area contributed by atoms with Gasteiger partial charge in [0.25, 0.3) is 0 Å². The van der Waals surface area contributed by atoms with Gasteiger partial charge in [0.15, 0.2) is 6.10 Å². The van der Waals surface area contributed by atoms with E-state index in [9.17, 15) is 14.4 Å². The summed E-state index contributed by atoms with van der Waals surface area (Å²) in [5.41, 5.74) is 0. The lowest BCUT2D eigenvalue weighted by molar-refractivity contribution is -0.167. The molecule has 0 heterocycles. The number of hydrogen-bond acceptors (Lipinski definition) is 6. The highest BCUT2D eigenvalue weighted by Crippen LogP contribution is 2.16. The van der Waals surface area contributed by atoms with Gasteiger partial charge in [0.1, 0.15) is 13.2 Å². The predicted octanol–water partition coefficient (Wildman–Crippen LogP) is 20.6. The van der Waals surface area contributed by atoms with Crippen molar-refractivity contribution in [1.29, 1.82) is 0 Å². The number of esters is 3. The molecular weight excluding hydrogens is 865 g/mol. The zero-order valence-electron chi connectivity index (χ0n) is 46.8. The van der Waals surface area contributed by atoms with E-state index < -0.39 is 6.10 Å². The van der Waals surface area contributed by atoms with Crippen LogP contribution in [0.15, 0.2) is 48.6 Å². The number of ether oxygens (including phenoxy) is 3. The second kappa shape index (κ2) is 58.9. The van der Waals surface area contributed by atoms with E-state index in [0.29, 0.717) is 19.3 Å². The summed E-state index contributed by atoms with van der Waals surface area (Å²) >= 11 is 0. The van der Waals surface area contributed by atoms with E-state index in [0.717, 1.165) is 77.0 Å². The summed E-state index contributed by atoms with van der Waals surface area (Å²) in [6.07, 6.45) is 72.5. The summed E-state index contributed by atoms with van der Waals surface area (Å²) in [7, 11) is 0. The van der Waals surface area contributed by atoms with Gasteiger partial charge in [-0.3, -0.25) is 14.4 Å². The van der Waals surface area contributed by atoms with Gasteiger partial charge < -0.3 is 14.2 Å². The van der Waals surface area contributed by atoms with Crippen LogP contribution in [0.2, 0.25) is 0 Å². The molecule has 0 aliphatic rings. The first-order chi connectivity index (χ1) is 34.5.